The van der Waals surface area contributed by atoms with Gasteiger partial charge in [-0.15, -0.1) is 0 Å². The number of aryl methyl sites for hydroxylation is 1. The number of hydrogen-bond acceptors (Lipinski definition) is 8. The zero-order chi connectivity index (χ0) is 25.0. The van der Waals surface area contributed by atoms with E-state index in [9.17, 15) is 25.0 Å². The molecule has 0 aliphatic heterocycles. The van der Waals surface area contributed by atoms with Crippen molar-refractivity contribution < 1.29 is 19.4 Å². The van der Waals surface area contributed by atoms with Gasteiger partial charge in [0.1, 0.15) is 12.3 Å². The molecule has 3 rings (SSSR count). The van der Waals surface area contributed by atoms with Gasteiger partial charge in [0.2, 0.25) is 5.75 Å². The number of nitro benzene ring substituents is 2. The van der Waals surface area contributed by atoms with E-state index in [0.717, 1.165) is 28.0 Å². The first kappa shape index (κ1) is 24.5. The van der Waals surface area contributed by atoms with Crippen molar-refractivity contribution in [1.29, 1.82) is 0 Å². The number of rotatable bonds is 8. The molecule has 0 saturated heterocycles. The number of nitro groups is 2. The molecular weight excluding hydrogens is 512 g/mol. The maximum absolute atomic E-state index is 12.2. The highest BCUT2D eigenvalue weighted by atomic mass is 79.9. The molecule has 1 N–H and O–H groups in total. The van der Waals surface area contributed by atoms with E-state index in [1.807, 2.05) is 13.8 Å². The highest BCUT2D eigenvalue weighted by molar-refractivity contribution is 9.10. The predicted molar refractivity (Wildman–Crippen MR) is 126 cm³/mol. The Kier molecular flexibility index (Phi) is 7.36. The van der Waals surface area contributed by atoms with Crippen LogP contribution in [-0.4, -0.2) is 31.2 Å². The summed E-state index contributed by atoms with van der Waals surface area (Å²) < 4.78 is 7.96. The van der Waals surface area contributed by atoms with Gasteiger partial charge in [0, 0.05) is 6.07 Å². The Morgan fingerprint density at radius 1 is 1.15 bits per heavy atom. The SMILES string of the molecule is CC(=NNC(=O)Cn1nc(C)c(Br)c1C)c1ccc(Oc2ccc([N+](=O)[O-])cc2[N+](=O)[O-])cc1. The Hall–Kier alpha value is -4.13. The first-order valence-corrected chi connectivity index (χ1v) is 10.6. The number of hydrazone groups is 1. The van der Waals surface area contributed by atoms with Crippen molar-refractivity contribution in [3.8, 4) is 11.5 Å². The van der Waals surface area contributed by atoms with E-state index in [2.05, 4.69) is 31.6 Å². The van der Waals surface area contributed by atoms with E-state index in [1.165, 1.54) is 6.07 Å². The van der Waals surface area contributed by atoms with Gasteiger partial charge >= 0.3 is 5.69 Å². The van der Waals surface area contributed by atoms with Gasteiger partial charge in [-0.3, -0.25) is 29.7 Å². The Morgan fingerprint density at radius 2 is 1.82 bits per heavy atom. The molecule has 1 amide bonds. The number of nitrogens with one attached hydrogen (secondary N) is 1. The fraction of sp³-hybridized carbons (Fsp3) is 0.190. The zero-order valence-corrected chi connectivity index (χ0v) is 19.9. The second-order valence-electron chi connectivity index (χ2n) is 7.17. The molecule has 0 unspecified atom stereocenters. The summed E-state index contributed by atoms with van der Waals surface area (Å²) in [4.78, 5) is 32.9. The van der Waals surface area contributed by atoms with Crippen molar-refractivity contribution in [1.82, 2.24) is 15.2 Å². The lowest BCUT2D eigenvalue weighted by molar-refractivity contribution is -0.394. The van der Waals surface area contributed by atoms with Gasteiger partial charge in [-0.2, -0.15) is 10.2 Å². The van der Waals surface area contributed by atoms with E-state index in [4.69, 9.17) is 4.74 Å². The summed E-state index contributed by atoms with van der Waals surface area (Å²) in [7, 11) is 0. The molecule has 0 aliphatic carbocycles. The topological polar surface area (TPSA) is 155 Å². The van der Waals surface area contributed by atoms with E-state index in [0.29, 0.717) is 11.3 Å². The Balaban J connectivity index is 1.67. The molecule has 12 nitrogen and oxygen atoms in total. The summed E-state index contributed by atoms with van der Waals surface area (Å²) in [6, 6.07) is 9.59. The quantitative estimate of drug-likeness (QED) is 0.256. The van der Waals surface area contributed by atoms with Crippen molar-refractivity contribution >= 4 is 38.9 Å². The lowest BCUT2D eigenvalue weighted by atomic mass is 10.1. The van der Waals surface area contributed by atoms with Crippen LogP contribution in [0.5, 0.6) is 11.5 Å². The number of hydrogen-bond donors (Lipinski definition) is 1. The molecule has 0 spiro atoms. The van der Waals surface area contributed by atoms with Crippen LogP contribution in [0.15, 0.2) is 52.0 Å². The molecule has 1 aromatic heterocycles. The number of amides is 1. The number of nitrogens with zero attached hydrogens (tertiary/aromatic N) is 5. The number of aromatic nitrogens is 2. The molecule has 3 aromatic rings. The van der Waals surface area contributed by atoms with Crippen LogP contribution in [0, 0.1) is 34.1 Å². The fourth-order valence-electron chi connectivity index (χ4n) is 2.95. The first-order chi connectivity index (χ1) is 16.1. The number of carbonyl (C=O) groups is 1. The molecule has 34 heavy (non-hydrogen) atoms. The summed E-state index contributed by atoms with van der Waals surface area (Å²) in [5.74, 6) is -0.188. The minimum Gasteiger partial charge on any atom is -0.450 e. The van der Waals surface area contributed by atoms with Crippen LogP contribution in [0.3, 0.4) is 0 Å². The van der Waals surface area contributed by atoms with Gasteiger partial charge < -0.3 is 4.74 Å². The second-order valence-corrected chi connectivity index (χ2v) is 7.96. The third-order valence-electron chi connectivity index (χ3n) is 4.78. The van der Waals surface area contributed by atoms with Crippen LogP contribution in [0.4, 0.5) is 11.4 Å². The Bertz CT molecular complexity index is 1300. The monoisotopic (exact) mass is 530 g/mol. The fourth-order valence-corrected chi connectivity index (χ4v) is 3.23. The smallest absolute Gasteiger partial charge is 0.318 e. The van der Waals surface area contributed by atoms with Crippen LogP contribution in [-0.2, 0) is 11.3 Å². The zero-order valence-electron chi connectivity index (χ0n) is 18.3. The van der Waals surface area contributed by atoms with E-state index >= 15 is 0 Å². The molecular formula is C21H19BrN6O6. The summed E-state index contributed by atoms with van der Waals surface area (Å²) >= 11 is 3.42. The van der Waals surface area contributed by atoms with Crippen LogP contribution >= 0.6 is 15.9 Å². The number of non-ortho nitro benzene ring substituents is 1. The average Bonchev–Trinajstić information content (AvgIpc) is 3.04. The lowest BCUT2D eigenvalue weighted by Gasteiger charge is -2.08. The van der Waals surface area contributed by atoms with E-state index in [-0.39, 0.29) is 24.0 Å². The summed E-state index contributed by atoms with van der Waals surface area (Å²) in [5.41, 5.74) is 4.38. The van der Waals surface area contributed by atoms with Crippen molar-refractivity contribution in [2.24, 2.45) is 5.10 Å². The van der Waals surface area contributed by atoms with Gasteiger partial charge in [-0.05, 0) is 72.6 Å². The molecule has 0 bridgehead atoms. The largest absolute Gasteiger partial charge is 0.450 e. The number of ether oxygens (including phenoxy) is 1. The average molecular weight is 531 g/mol. The maximum atomic E-state index is 12.2. The number of halogens is 1. The Labute approximate surface area is 201 Å². The summed E-state index contributed by atoms with van der Waals surface area (Å²) in [6.07, 6.45) is 0. The van der Waals surface area contributed by atoms with Crippen LogP contribution in [0.2, 0.25) is 0 Å². The minimum absolute atomic E-state index is 0.00977. The van der Waals surface area contributed by atoms with Gasteiger partial charge in [0.25, 0.3) is 11.6 Å². The molecule has 0 saturated carbocycles. The molecule has 0 radical (unpaired) electrons. The highest BCUT2D eigenvalue weighted by Crippen LogP contribution is 2.34. The molecule has 0 fully saturated rings. The predicted octanol–water partition coefficient (Wildman–Crippen LogP) is 4.41. The Morgan fingerprint density at radius 3 is 2.38 bits per heavy atom. The van der Waals surface area contributed by atoms with Crippen molar-refractivity contribution in [2.45, 2.75) is 27.3 Å². The second kappa shape index (κ2) is 10.2. The van der Waals surface area contributed by atoms with Crippen LogP contribution < -0.4 is 10.2 Å². The molecule has 0 aliphatic rings. The normalized spacial score (nSPS) is 11.2. The minimum atomic E-state index is -0.749. The van der Waals surface area contributed by atoms with Gasteiger partial charge in [-0.25, -0.2) is 5.43 Å². The van der Waals surface area contributed by atoms with Crippen molar-refractivity contribution in [3.05, 3.63) is 84.1 Å². The number of carbonyl (C=O) groups excluding carboxylic acids is 1. The molecule has 0 atom stereocenters. The third-order valence-corrected chi connectivity index (χ3v) is 5.93. The van der Waals surface area contributed by atoms with E-state index < -0.39 is 21.2 Å². The van der Waals surface area contributed by atoms with Crippen molar-refractivity contribution in [3.63, 3.8) is 0 Å². The van der Waals surface area contributed by atoms with Crippen molar-refractivity contribution in [2.75, 3.05) is 0 Å². The number of benzene rings is 2. The standard InChI is InChI=1S/C21H19BrN6O6/c1-12(23-24-20(29)11-26-14(3)21(22)13(2)25-26)15-4-7-17(8-5-15)34-19-9-6-16(27(30)31)10-18(19)28(32)33/h4-10H,11H2,1-3H3,(H,24,29). The molecule has 13 heteroatoms. The lowest BCUT2D eigenvalue weighted by Crippen LogP contribution is -2.25. The molecule has 2 aromatic carbocycles. The van der Waals surface area contributed by atoms with Gasteiger partial charge in [-0.1, -0.05) is 0 Å². The summed E-state index contributed by atoms with van der Waals surface area (Å²) in [6.45, 7) is 5.40. The van der Waals surface area contributed by atoms with Crippen LogP contribution in [0.1, 0.15) is 23.9 Å². The first-order valence-electron chi connectivity index (χ1n) is 9.80. The molecule has 1 heterocycles. The van der Waals surface area contributed by atoms with Gasteiger partial charge in [0.15, 0.2) is 0 Å². The molecule has 176 valence electrons. The van der Waals surface area contributed by atoms with Gasteiger partial charge in [0.05, 0.1) is 37.5 Å². The third kappa shape index (κ3) is 5.61. The van der Waals surface area contributed by atoms with Crippen LogP contribution in [0.25, 0.3) is 0 Å². The summed E-state index contributed by atoms with van der Waals surface area (Å²) in [5, 5.41) is 30.5. The maximum Gasteiger partial charge on any atom is 0.318 e. The van der Waals surface area contributed by atoms with E-state index in [1.54, 1.807) is 35.9 Å². The highest BCUT2D eigenvalue weighted by Gasteiger charge is 2.21.